The molecule has 1 aromatic carbocycles. The van der Waals surface area contributed by atoms with Crippen molar-refractivity contribution in [2.45, 2.75) is 26.3 Å². The summed E-state index contributed by atoms with van der Waals surface area (Å²) in [7, 11) is 1.40. The van der Waals surface area contributed by atoms with Crippen LogP contribution in [0, 0.1) is 6.92 Å². The summed E-state index contributed by atoms with van der Waals surface area (Å²) < 4.78 is 9.75. The van der Waals surface area contributed by atoms with Crippen molar-refractivity contribution in [2.75, 3.05) is 13.7 Å². The van der Waals surface area contributed by atoms with Crippen molar-refractivity contribution < 1.29 is 14.1 Å². The maximum absolute atomic E-state index is 11.4. The number of aromatic nitrogens is 2. The highest BCUT2D eigenvalue weighted by Gasteiger charge is 2.07. The van der Waals surface area contributed by atoms with Crippen LogP contribution >= 0.6 is 0 Å². The molecular weight excluding hydrogens is 270 g/mol. The maximum atomic E-state index is 11.4. The first kappa shape index (κ1) is 15.2. The van der Waals surface area contributed by atoms with Crippen molar-refractivity contribution in [3.05, 3.63) is 47.1 Å². The van der Waals surface area contributed by atoms with E-state index in [-0.39, 0.29) is 12.4 Å². The monoisotopic (exact) mass is 289 g/mol. The summed E-state index contributed by atoms with van der Waals surface area (Å²) in [5, 5.41) is 7.06. The Morgan fingerprint density at radius 2 is 2.10 bits per heavy atom. The summed E-state index contributed by atoms with van der Waals surface area (Å²) >= 11 is 0. The number of carbonyl (C=O) groups excluding carboxylic acids is 1. The summed E-state index contributed by atoms with van der Waals surface area (Å²) in [6.07, 6.45) is 0.969. The fourth-order valence-electron chi connectivity index (χ4n) is 1.99. The van der Waals surface area contributed by atoms with Gasteiger partial charge < -0.3 is 14.6 Å². The van der Waals surface area contributed by atoms with Crippen LogP contribution in [0.2, 0.25) is 0 Å². The molecule has 6 nitrogen and oxygen atoms in total. The second kappa shape index (κ2) is 7.54. The molecule has 21 heavy (non-hydrogen) atoms. The van der Waals surface area contributed by atoms with E-state index in [4.69, 9.17) is 9.26 Å². The topological polar surface area (TPSA) is 77.2 Å². The van der Waals surface area contributed by atoms with Gasteiger partial charge in [0.1, 0.15) is 0 Å². The maximum Gasteiger partial charge on any atom is 0.309 e. The molecule has 0 aliphatic carbocycles. The number of nitrogens with one attached hydrogen (secondary N) is 1. The number of rotatable bonds is 7. The van der Waals surface area contributed by atoms with Gasteiger partial charge in [0.15, 0.2) is 5.82 Å². The van der Waals surface area contributed by atoms with Gasteiger partial charge in [0, 0.05) is 19.5 Å². The largest absolute Gasteiger partial charge is 0.469 e. The smallest absolute Gasteiger partial charge is 0.309 e. The Labute approximate surface area is 123 Å². The SMILES string of the molecule is COC(=O)Cc1ccccc1CNCCc1nc(C)no1. The van der Waals surface area contributed by atoms with Gasteiger partial charge in [-0.15, -0.1) is 0 Å². The molecule has 6 heteroatoms. The Morgan fingerprint density at radius 1 is 1.33 bits per heavy atom. The van der Waals surface area contributed by atoms with Crippen molar-refractivity contribution >= 4 is 5.97 Å². The first-order valence-corrected chi connectivity index (χ1v) is 6.82. The van der Waals surface area contributed by atoms with Gasteiger partial charge in [-0.1, -0.05) is 29.4 Å². The van der Waals surface area contributed by atoms with E-state index < -0.39 is 0 Å². The highest BCUT2D eigenvalue weighted by atomic mass is 16.5. The number of esters is 1. The Bertz CT molecular complexity index is 595. The lowest BCUT2D eigenvalue weighted by Crippen LogP contribution is -2.18. The Balaban J connectivity index is 1.83. The highest BCUT2D eigenvalue weighted by molar-refractivity contribution is 5.72. The van der Waals surface area contributed by atoms with Crippen LogP contribution in [0.3, 0.4) is 0 Å². The normalized spacial score (nSPS) is 10.6. The molecule has 0 saturated heterocycles. The van der Waals surface area contributed by atoms with Crippen LogP contribution in [0.1, 0.15) is 22.8 Å². The number of hydrogen-bond acceptors (Lipinski definition) is 6. The van der Waals surface area contributed by atoms with Crippen LogP contribution in [0.25, 0.3) is 0 Å². The summed E-state index contributed by atoms with van der Waals surface area (Å²) in [6, 6.07) is 7.82. The number of nitrogens with zero attached hydrogens (tertiary/aromatic N) is 2. The number of benzene rings is 1. The highest BCUT2D eigenvalue weighted by Crippen LogP contribution is 2.10. The van der Waals surface area contributed by atoms with E-state index >= 15 is 0 Å². The lowest BCUT2D eigenvalue weighted by atomic mass is 10.0. The molecule has 1 aromatic heterocycles. The van der Waals surface area contributed by atoms with E-state index in [1.165, 1.54) is 7.11 Å². The number of ether oxygens (including phenoxy) is 1. The van der Waals surface area contributed by atoms with Gasteiger partial charge in [-0.25, -0.2) is 0 Å². The molecule has 112 valence electrons. The van der Waals surface area contributed by atoms with Crippen LogP contribution in [0.15, 0.2) is 28.8 Å². The van der Waals surface area contributed by atoms with Crippen molar-refractivity contribution in [2.24, 2.45) is 0 Å². The van der Waals surface area contributed by atoms with Crippen molar-refractivity contribution in [3.63, 3.8) is 0 Å². The first-order valence-electron chi connectivity index (χ1n) is 6.82. The number of methoxy groups -OCH3 is 1. The molecule has 0 atom stereocenters. The number of hydrogen-bond donors (Lipinski definition) is 1. The van der Waals surface area contributed by atoms with Gasteiger partial charge in [0.25, 0.3) is 0 Å². The van der Waals surface area contributed by atoms with E-state index in [2.05, 4.69) is 15.5 Å². The second-order valence-corrected chi connectivity index (χ2v) is 4.68. The first-order chi connectivity index (χ1) is 10.2. The van der Waals surface area contributed by atoms with Crippen LogP contribution < -0.4 is 5.32 Å². The molecule has 0 spiro atoms. The molecule has 0 aliphatic rings. The minimum Gasteiger partial charge on any atom is -0.469 e. The third-order valence-electron chi connectivity index (χ3n) is 3.08. The minimum absolute atomic E-state index is 0.233. The third kappa shape index (κ3) is 4.68. The lowest BCUT2D eigenvalue weighted by molar-refractivity contribution is -0.139. The number of aryl methyl sites for hydroxylation is 1. The fraction of sp³-hybridized carbons (Fsp3) is 0.400. The van der Waals surface area contributed by atoms with Gasteiger partial charge in [0.2, 0.25) is 5.89 Å². The van der Waals surface area contributed by atoms with Crippen molar-refractivity contribution in [1.29, 1.82) is 0 Å². The Hall–Kier alpha value is -2.21. The summed E-state index contributed by atoms with van der Waals surface area (Å²) in [4.78, 5) is 15.5. The van der Waals surface area contributed by atoms with Crippen molar-refractivity contribution in [3.8, 4) is 0 Å². The molecule has 1 N–H and O–H groups in total. The molecule has 0 amide bonds. The van der Waals surface area contributed by atoms with E-state index in [0.29, 0.717) is 24.7 Å². The van der Waals surface area contributed by atoms with E-state index in [0.717, 1.165) is 17.7 Å². The van der Waals surface area contributed by atoms with E-state index in [1.807, 2.05) is 24.3 Å². The van der Waals surface area contributed by atoms with E-state index in [9.17, 15) is 4.79 Å². The third-order valence-corrected chi connectivity index (χ3v) is 3.08. The van der Waals surface area contributed by atoms with E-state index in [1.54, 1.807) is 6.92 Å². The fourth-order valence-corrected chi connectivity index (χ4v) is 1.99. The summed E-state index contributed by atoms with van der Waals surface area (Å²) in [5.74, 6) is 1.04. The van der Waals surface area contributed by atoms with Crippen LogP contribution in [-0.4, -0.2) is 29.8 Å². The zero-order chi connectivity index (χ0) is 15.1. The predicted molar refractivity (Wildman–Crippen MR) is 76.6 cm³/mol. The molecule has 2 aromatic rings. The summed E-state index contributed by atoms with van der Waals surface area (Å²) in [6.45, 7) is 3.21. The Morgan fingerprint density at radius 3 is 2.76 bits per heavy atom. The molecule has 0 saturated carbocycles. The van der Waals surface area contributed by atoms with Gasteiger partial charge in [-0.3, -0.25) is 4.79 Å². The van der Waals surface area contributed by atoms with Crippen LogP contribution in [0.4, 0.5) is 0 Å². The van der Waals surface area contributed by atoms with Crippen molar-refractivity contribution in [1.82, 2.24) is 15.5 Å². The van der Waals surface area contributed by atoms with Crippen LogP contribution in [0.5, 0.6) is 0 Å². The molecule has 2 rings (SSSR count). The minimum atomic E-state index is -0.233. The van der Waals surface area contributed by atoms with Gasteiger partial charge in [-0.05, 0) is 18.1 Å². The summed E-state index contributed by atoms with van der Waals surface area (Å²) in [5.41, 5.74) is 2.06. The number of carbonyl (C=O) groups is 1. The molecule has 0 bridgehead atoms. The van der Waals surface area contributed by atoms with Gasteiger partial charge >= 0.3 is 5.97 Å². The average molecular weight is 289 g/mol. The molecule has 0 unspecified atom stereocenters. The Kier molecular flexibility index (Phi) is 5.45. The average Bonchev–Trinajstić information content (AvgIpc) is 2.90. The molecule has 0 radical (unpaired) electrons. The molecule has 0 aliphatic heterocycles. The predicted octanol–water partition coefficient (Wildman–Crippen LogP) is 1.43. The lowest BCUT2D eigenvalue weighted by Gasteiger charge is -2.09. The van der Waals surface area contributed by atoms with Gasteiger partial charge in [-0.2, -0.15) is 4.98 Å². The standard InChI is InChI=1S/C15H19N3O3/c1-11-17-14(21-18-11)7-8-16-10-13-6-4-3-5-12(13)9-15(19)20-2/h3-6,16H,7-10H2,1-2H3. The molecule has 1 heterocycles. The molecular formula is C15H19N3O3. The molecule has 0 fully saturated rings. The van der Waals surface area contributed by atoms with Gasteiger partial charge in [0.05, 0.1) is 13.5 Å². The quantitative estimate of drug-likeness (QED) is 0.613. The second-order valence-electron chi connectivity index (χ2n) is 4.68. The zero-order valence-electron chi connectivity index (χ0n) is 12.3. The van der Waals surface area contributed by atoms with Crippen LogP contribution in [-0.2, 0) is 28.9 Å². The zero-order valence-corrected chi connectivity index (χ0v) is 12.3.